The summed E-state index contributed by atoms with van der Waals surface area (Å²) in [5, 5.41) is 28.3. The molecule has 1 saturated heterocycles. The number of carboxylic acids is 2. The van der Waals surface area contributed by atoms with Crippen LogP contribution in [0.4, 0.5) is 5.13 Å². The van der Waals surface area contributed by atoms with Crippen LogP contribution in [0.15, 0.2) is 64.4 Å². The smallest absolute Gasteiger partial charge is 0.352 e. The summed E-state index contributed by atoms with van der Waals surface area (Å²) in [6.45, 7) is 4.11. The Kier molecular flexibility index (Phi) is 12.3. The Labute approximate surface area is 294 Å². The van der Waals surface area contributed by atoms with Crippen LogP contribution in [0.3, 0.4) is 0 Å². The van der Waals surface area contributed by atoms with E-state index in [9.17, 15) is 29.4 Å². The molecule has 49 heavy (non-hydrogen) atoms. The number of thiazole rings is 1. The molecule has 3 aliphatic heterocycles. The van der Waals surface area contributed by atoms with Gasteiger partial charge in [0.25, 0.3) is 11.8 Å². The van der Waals surface area contributed by atoms with Gasteiger partial charge in [0.15, 0.2) is 29.8 Å². The number of oxime groups is 1. The van der Waals surface area contributed by atoms with Gasteiger partial charge in [0.2, 0.25) is 5.60 Å². The van der Waals surface area contributed by atoms with Crippen LogP contribution >= 0.6 is 34.7 Å². The number of nitrogens with one attached hydrogen (secondary N) is 2. The highest BCUT2D eigenvalue weighted by Gasteiger charge is 2.54. The van der Waals surface area contributed by atoms with Crippen LogP contribution in [0.5, 0.6) is 0 Å². The monoisotopic (exact) mass is 734 g/mol. The van der Waals surface area contributed by atoms with Gasteiger partial charge in [-0.25, -0.2) is 14.6 Å². The number of rotatable bonds is 15. The average Bonchev–Trinajstić information content (AvgIpc) is 3.38. The standard InChI is InChI=1S/C30H36ClN9O7S2/c1-30(2,28(45)46)47-38-20(19-23(31)49-29(34)37-19)24(41)36-21-25(42)40-22(27(43)44)16(15-48-26(21)40)8-7-13-39-12-6-3-9-17(33)18(14-39)35-11-5-4-10-32/h3,6-9,12,14,21,26,33,35H,4-5,10-11,13,15,32H2,1-2H3,(H5,34,36,37,41,43,44,45,46)/p+1/b8-7+,9-3+,12-6+,18-14?,38-20-/t21-,26?/m1/s1. The number of aromatic nitrogens is 1. The molecule has 3 aliphatic rings. The molecule has 0 saturated carbocycles. The molecule has 2 amide bonds. The van der Waals surface area contributed by atoms with Crippen molar-refractivity contribution in [2.24, 2.45) is 16.6 Å². The molecule has 0 bridgehead atoms. The zero-order valence-corrected chi connectivity index (χ0v) is 29.0. The SMILES string of the molecule is CC(C)(O/N=C(\C(=O)N[C@@H]1C(=O)N2C(C(=O)O)=C(/C=C/C[N+]3=C/C(NCCCCN)=C(N)\C=C\C=C\3)CSC12)c1nc(N)sc1Cl)C(=O)O. The molecule has 0 spiro atoms. The summed E-state index contributed by atoms with van der Waals surface area (Å²) in [5.74, 6) is -4.04. The van der Waals surface area contributed by atoms with Crippen LogP contribution in [0.25, 0.3) is 0 Å². The predicted molar refractivity (Wildman–Crippen MR) is 187 cm³/mol. The van der Waals surface area contributed by atoms with E-state index in [0.717, 1.165) is 34.8 Å². The minimum Gasteiger partial charge on any atom is -0.478 e. The molecule has 16 nitrogen and oxygen atoms in total. The van der Waals surface area contributed by atoms with E-state index in [-0.39, 0.29) is 26.6 Å². The molecule has 19 heteroatoms. The summed E-state index contributed by atoms with van der Waals surface area (Å²) >= 11 is 8.31. The summed E-state index contributed by atoms with van der Waals surface area (Å²) in [6, 6.07) is -1.13. The fourth-order valence-electron chi connectivity index (χ4n) is 4.60. The van der Waals surface area contributed by atoms with Crippen molar-refractivity contribution in [2.45, 2.75) is 43.7 Å². The van der Waals surface area contributed by atoms with Gasteiger partial charge in [-0.15, -0.1) is 11.8 Å². The van der Waals surface area contributed by atoms with Gasteiger partial charge in [-0.05, 0) is 51.0 Å². The van der Waals surface area contributed by atoms with E-state index in [1.807, 2.05) is 29.1 Å². The average molecular weight is 735 g/mol. The first-order chi connectivity index (χ1) is 23.2. The van der Waals surface area contributed by atoms with Crippen LogP contribution in [-0.4, -0.2) is 103 Å². The van der Waals surface area contributed by atoms with E-state index in [1.54, 1.807) is 18.2 Å². The lowest BCUT2D eigenvalue weighted by molar-refractivity contribution is -0.439. The quantitative estimate of drug-likeness (QED) is 0.0436. The first-order valence-electron chi connectivity index (χ1n) is 14.9. The highest BCUT2D eigenvalue weighted by molar-refractivity contribution is 8.00. The van der Waals surface area contributed by atoms with E-state index in [2.05, 4.69) is 20.8 Å². The highest BCUT2D eigenvalue weighted by atomic mass is 35.5. The highest BCUT2D eigenvalue weighted by Crippen LogP contribution is 2.40. The third-order valence-corrected chi connectivity index (χ3v) is 9.65. The second-order valence-electron chi connectivity index (χ2n) is 11.3. The van der Waals surface area contributed by atoms with Crippen LogP contribution < -0.4 is 27.8 Å². The lowest BCUT2D eigenvalue weighted by Gasteiger charge is -2.49. The number of amides is 2. The van der Waals surface area contributed by atoms with Gasteiger partial charge < -0.3 is 42.9 Å². The van der Waals surface area contributed by atoms with Gasteiger partial charge in [-0.3, -0.25) is 14.5 Å². The number of unbranched alkanes of at least 4 members (excludes halogenated alkanes) is 1. The molecule has 2 atom stereocenters. The Morgan fingerprint density at radius 3 is 2.67 bits per heavy atom. The summed E-state index contributed by atoms with van der Waals surface area (Å²) in [5.41, 5.74) is 16.5. The molecule has 4 rings (SSSR count). The van der Waals surface area contributed by atoms with Crippen LogP contribution in [-0.2, 0) is 24.0 Å². The van der Waals surface area contributed by atoms with Crippen molar-refractivity contribution in [3.63, 3.8) is 0 Å². The Morgan fingerprint density at radius 1 is 1.27 bits per heavy atom. The first-order valence-corrected chi connectivity index (χ1v) is 17.2. The van der Waals surface area contributed by atoms with E-state index in [4.69, 9.17) is 33.6 Å². The minimum absolute atomic E-state index is 0.0108. The Bertz CT molecular complexity index is 1730. The minimum atomic E-state index is -1.82. The molecular formula is C30H37ClN9O7S2+. The maximum absolute atomic E-state index is 13.4. The number of carboxylic acid groups (broad SMARTS) is 2. The van der Waals surface area contributed by atoms with Crippen molar-refractivity contribution in [1.82, 2.24) is 20.5 Å². The molecular weight excluding hydrogens is 698 g/mol. The first kappa shape index (κ1) is 37.2. The Hall–Kier alpha value is -4.65. The third-order valence-electron chi connectivity index (χ3n) is 7.26. The number of nitrogens with two attached hydrogens (primary N) is 3. The van der Waals surface area contributed by atoms with Gasteiger partial charge in [0, 0.05) is 18.4 Å². The van der Waals surface area contributed by atoms with Crippen molar-refractivity contribution < 1.29 is 38.8 Å². The van der Waals surface area contributed by atoms with Crippen molar-refractivity contribution in [3.8, 4) is 0 Å². The van der Waals surface area contributed by atoms with Crippen molar-refractivity contribution in [2.75, 3.05) is 31.1 Å². The molecule has 1 aromatic rings. The molecule has 1 fully saturated rings. The van der Waals surface area contributed by atoms with E-state index >= 15 is 0 Å². The van der Waals surface area contributed by atoms with Gasteiger partial charge in [0.05, 0.1) is 5.70 Å². The number of nitrogens with zero attached hydrogens (tertiary/aromatic N) is 4. The van der Waals surface area contributed by atoms with Crippen LogP contribution in [0.2, 0.25) is 4.34 Å². The normalized spacial score (nSPS) is 23.5. The molecule has 10 N–H and O–H groups in total. The zero-order valence-electron chi connectivity index (χ0n) is 26.6. The fraction of sp³-hybridized carbons (Fsp3) is 0.367. The van der Waals surface area contributed by atoms with E-state index in [0.29, 0.717) is 30.9 Å². The topological polar surface area (TPSA) is 252 Å². The van der Waals surface area contributed by atoms with Gasteiger partial charge in [-0.2, -0.15) is 4.58 Å². The largest absolute Gasteiger partial charge is 0.478 e. The third kappa shape index (κ3) is 8.88. The number of β-lactam (4-membered cyclic amide) rings is 1. The van der Waals surface area contributed by atoms with E-state index in [1.165, 1.54) is 25.6 Å². The number of allylic oxidation sites excluding steroid dienone is 5. The lowest BCUT2D eigenvalue weighted by Crippen LogP contribution is -2.71. The number of nitrogen functional groups attached to an aromatic ring is 1. The summed E-state index contributed by atoms with van der Waals surface area (Å²) in [7, 11) is 0. The number of carbonyl (C=O) groups is 4. The second-order valence-corrected chi connectivity index (χ2v) is 14.0. The second kappa shape index (κ2) is 16.2. The molecule has 1 aromatic heterocycles. The molecule has 262 valence electrons. The molecule has 1 unspecified atom stereocenters. The number of thioether (sulfide) groups is 1. The summed E-state index contributed by atoms with van der Waals surface area (Å²) in [4.78, 5) is 60.9. The molecule has 0 aliphatic carbocycles. The molecule has 0 radical (unpaired) electrons. The number of aliphatic carboxylic acids is 2. The number of hydrogen-bond donors (Lipinski definition) is 7. The summed E-state index contributed by atoms with van der Waals surface area (Å²) in [6.07, 6.45) is 14.3. The number of anilines is 1. The van der Waals surface area contributed by atoms with E-state index < -0.39 is 46.5 Å². The fourth-order valence-corrected chi connectivity index (χ4v) is 6.84. The number of halogens is 1. The van der Waals surface area contributed by atoms with Gasteiger partial charge in [0.1, 0.15) is 32.8 Å². The van der Waals surface area contributed by atoms with Crippen molar-refractivity contribution >= 4 is 75.5 Å². The zero-order chi connectivity index (χ0) is 35.9. The lowest BCUT2D eigenvalue weighted by atomic mass is 10.0. The van der Waals surface area contributed by atoms with Gasteiger partial charge >= 0.3 is 11.9 Å². The summed E-state index contributed by atoms with van der Waals surface area (Å²) < 4.78 is 1.86. The van der Waals surface area contributed by atoms with Gasteiger partial charge in [-0.1, -0.05) is 40.2 Å². The van der Waals surface area contributed by atoms with Crippen molar-refractivity contribution in [1.29, 1.82) is 0 Å². The number of fused-ring (bicyclic) bond motifs is 1. The number of carbonyl (C=O) groups excluding carboxylic acids is 2. The maximum atomic E-state index is 13.4. The number of hydrogen-bond acceptors (Lipinski definition) is 13. The predicted octanol–water partition coefficient (Wildman–Crippen LogP) is 0.923. The molecule has 4 heterocycles. The molecule has 0 aromatic carbocycles. The Morgan fingerprint density at radius 2 is 2.02 bits per heavy atom. The van der Waals surface area contributed by atoms with Crippen LogP contribution in [0, 0.1) is 0 Å². The van der Waals surface area contributed by atoms with Crippen molar-refractivity contribution in [3.05, 3.63) is 69.3 Å². The van der Waals surface area contributed by atoms with Crippen LogP contribution in [0.1, 0.15) is 32.4 Å². The maximum Gasteiger partial charge on any atom is 0.352 e. The Balaban J connectivity index is 1.50.